The highest BCUT2D eigenvalue weighted by Crippen LogP contribution is 2.26. The molecule has 1 fully saturated rings. The molecule has 6 heteroatoms. The maximum Gasteiger partial charge on any atom is 0.321 e. The summed E-state index contributed by atoms with van der Waals surface area (Å²) in [5, 5.41) is 7.15. The summed E-state index contributed by atoms with van der Waals surface area (Å²) in [5.74, 6) is 3.01. The van der Waals surface area contributed by atoms with E-state index < -0.39 is 0 Å². The molecule has 0 bridgehead atoms. The van der Waals surface area contributed by atoms with E-state index in [4.69, 9.17) is 4.52 Å². The molecule has 1 unspecified atom stereocenters. The molecule has 0 radical (unpaired) electrons. The average Bonchev–Trinajstić information content (AvgIpc) is 2.66. The highest BCUT2D eigenvalue weighted by molar-refractivity contribution is 7.99. The van der Waals surface area contributed by atoms with Crippen molar-refractivity contribution in [2.24, 2.45) is 0 Å². The molecule has 1 aliphatic rings. The van der Waals surface area contributed by atoms with E-state index in [9.17, 15) is 0 Å². The highest BCUT2D eigenvalue weighted by Gasteiger charge is 2.25. The molecule has 0 spiro atoms. The summed E-state index contributed by atoms with van der Waals surface area (Å²) < 4.78 is 5.17. The molecule has 16 heavy (non-hydrogen) atoms. The number of thioether (sulfide) groups is 1. The average molecular weight is 242 g/mol. The van der Waals surface area contributed by atoms with Gasteiger partial charge in [0.25, 0.3) is 0 Å². The van der Waals surface area contributed by atoms with Crippen LogP contribution >= 0.6 is 11.8 Å². The van der Waals surface area contributed by atoms with Crippen LogP contribution in [-0.2, 0) is 0 Å². The van der Waals surface area contributed by atoms with Crippen LogP contribution in [0.25, 0.3) is 0 Å². The summed E-state index contributed by atoms with van der Waals surface area (Å²) in [4.78, 5) is 6.66. The van der Waals surface area contributed by atoms with Crippen LogP contribution < -0.4 is 5.32 Å². The standard InChI is InChI=1S/C10H18N4OS/c1-7(2)11-10-12-9(13-15-10)8-6-16-5-4-14(8)3/h7-8H,4-6H2,1-3H3,(H,11,12,13). The van der Waals surface area contributed by atoms with E-state index >= 15 is 0 Å². The number of rotatable bonds is 3. The van der Waals surface area contributed by atoms with Crippen LogP contribution in [0.15, 0.2) is 4.52 Å². The predicted octanol–water partition coefficient (Wildman–Crippen LogP) is 1.61. The van der Waals surface area contributed by atoms with Crippen molar-refractivity contribution in [3.8, 4) is 0 Å². The summed E-state index contributed by atoms with van der Waals surface area (Å²) in [5.41, 5.74) is 0. The van der Waals surface area contributed by atoms with Crippen molar-refractivity contribution in [1.82, 2.24) is 15.0 Å². The van der Waals surface area contributed by atoms with Gasteiger partial charge in [-0.25, -0.2) is 0 Å². The second-order valence-electron chi connectivity index (χ2n) is 4.33. The van der Waals surface area contributed by atoms with E-state index in [1.54, 1.807) is 0 Å². The normalized spacial score (nSPS) is 22.6. The lowest BCUT2D eigenvalue weighted by Gasteiger charge is -2.29. The number of nitrogens with one attached hydrogen (secondary N) is 1. The molecule has 0 aromatic carbocycles. The summed E-state index contributed by atoms with van der Waals surface area (Å²) in [6, 6.07) is 1.12. The smallest absolute Gasteiger partial charge is 0.321 e. The van der Waals surface area contributed by atoms with Crippen LogP contribution in [0.1, 0.15) is 25.7 Å². The van der Waals surface area contributed by atoms with Gasteiger partial charge in [0.2, 0.25) is 0 Å². The topological polar surface area (TPSA) is 54.2 Å². The summed E-state index contributed by atoms with van der Waals surface area (Å²) in [6.07, 6.45) is 0. The van der Waals surface area contributed by atoms with Crippen LogP contribution in [0.3, 0.4) is 0 Å². The summed E-state index contributed by atoms with van der Waals surface area (Å²) in [7, 11) is 2.11. The summed E-state index contributed by atoms with van der Waals surface area (Å²) >= 11 is 1.94. The third-order valence-electron chi connectivity index (χ3n) is 2.55. The molecule has 1 N–H and O–H groups in total. The van der Waals surface area contributed by atoms with Gasteiger partial charge in [-0.2, -0.15) is 16.7 Å². The molecule has 0 aliphatic carbocycles. The Morgan fingerprint density at radius 3 is 3.06 bits per heavy atom. The molecular weight excluding hydrogens is 224 g/mol. The fourth-order valence-electron chi connectivity index (χ4n) is 1.63. The molecule has 1 saturated heterocycles. The van der Waals surface area contributed by atoms with Crippen LogP contribution in [0.5, 0.6) is 0 Å². The summed E-state index contributed by atoms with van der Waals surface area (Å²) in [6.45, 7) is 5.18. The van der Waals surface area contributed by atoms with E-state index in [1.165, 1.54) is 5.75 Å². The monoisotopic (exact) mass is 242 g/mol. The van der Waals surface area contributed by atoms with Crippen LogP contribution in [-0.4, -0.2) is 46.2 Å². The first-order valence-electron chi connectivity index (χ1n) is 5.55. The first kappa shape index (κ1) is 11.7. The Morgan fingerprint density at radius 1 is 1.56 bits per heavy atom. The van der Waals surface area contributed by atoms with Crippen molar-refractivity contribution in [2.45, 2.75) is 25.9 Å². The zero-order chi connectivity index (χ0) is 11.5. The van der Waals surface area contributed by atoms with Crippen molar-refractivity contribution in [1.29, 1.82) is 0 Å². The minimum atomic E-state index is 0.283. The molecule has 5 nitrogen and oxygen atoms in total. The molecule has 90 valence electrons. The van der Waals surface area contributed by atoms with Crippen LogP contribution in [0.2, 0.25) is 0 Å². The van der Waals surface area contributed by atoms with E-state index in [0.29, 0.717) is 12.1 Å². The molecular formula is C10H18N4OS. The Balaban J connectivity index is 2.05. The van der Waals surface area contributed by atoms with Crippen molar-refractivity contribution in [3.05, 3.63) is 5.82 Å². The Morgan fingerprint density at radius 2 is 2.38 bits per heavy atom. The van der Waals surface area contributed by atoms with Gasteiger partial charge in [-0.05, 0) is 20.9 Å². The Bertz CT molecular complexity index is 341. The Kier molecular flexibility index (Phi) is 3.70. The van der Waals surface area contributed by atoms with Crippen LogP contribution in [0, 0.1) is 0 Å². The van der Waals surface area contributed by atoms with E-state index in [-0.39, 0.29) is 6.04 Å². The lowest BCUT2D eigenvalue weighted by molar-refractivity contribution is 0.257. The molecule has 1 aliphatic heterocycles. The van der Waals surface area contributed by atoms with Gasteiger partial charge in [0, 0.05) is 24.1 Å². The second-order valence-corrected chi connectivity index (χ2v) is 5.48. The quantitative estimate of drug-likeness (QED) is 0.869. The highest BCUT2D eigenvalue weighted by atomic mass is 32.2. The number of nitrogens with zero attached hydrogens (tertiary/aromatic N) is 3. The Labute approximate surface area is 100.0 Å². The molecule has 1 aromatic heterocycles. The van der Waals surface area contributed by atoms with Gasteiger partial charge in [0.1, 0.15) is 0 Å². The van der Waals surface area contributed by atoms with Gasteiger partial charge in [0.15, 0.2) is 5.82 Å². The van der Waals surface area contributed by atoms with Crippen molar-refractivity contribution in [3.63, 3.8) is 0 Å². The first-order chi connectivity index (χ1) is 7.66. The number of anilines is 1. The van der Waals surface area contributed by atoms with Gasteiger partial charge >= 0.3 is 6.01 Å². The van der Waals surface area contributed by atoms with E-state index in [1.807, 2.05) is 25.6 Å². The first-order valence-corrected chi connectivity index (χ1v) is 6.70. The number of hydrogen-bond acceptors (Lipinski definition) is 6. The van der Waals surface area contributed by atoms with Gasteiger partial charge in [-0.3, -0.25) is 4.90 Å². The zero-order valence-corrected chi connectivity index (χ0v) is 10.8. The largest absolute Gasteiger partial charge is 0.336 e. The van der Waals surface area contributed by atoms with Crippen molar-refractivity contribution < 1.29 is 4.52 Å². The SMILES string of the molecule is CC(C)Nc1nc(C2CSCCN2C)no1. The molecule has 0 saturated carbocycles. The molecule has 1 atom stereocenters. The van der Waals surface area contributed by atoms with Crippen molar-refractivity contribution >= 4 is 17.8 Å². The Hall–Kier alpha value is -0.750. The molecule has 2 heterocycles. The lowest BCUT2D eigenvalue weighted by Crippen LogP contribution is -2.33. The maximum absolute atomic E-state index is 5.17. The van der Waals surface area contributed by atoms with Crippen molar-refractivity contribution in [2.75, 3.05) is 30.4 Å². The van der Waals surface area contributed by atoms with Crippen LogP contribution in [0.4, 0.5) is 6.01 Å². The fourth-order valence-corrected chi connectivity index (χ4v) is 2.84. The predicted molar refractivity (Wildman–Crippen MR) is 65.8 cm³/mol. The fraction of sp³-hybridized carbons (Fsp3) is 0.800. The minimum Gasteiger partial charge on any atom is -0.336 e. The number of hydrogen-bond donors (Lipinski definition) is 1. The molecule has 0 amide bonds. The van der Waals surface area contributed by atoms with Gasteiger partial charge < -0.3 is 9.84 Å². The molecule has 2 rings (SSSR count). The minimum absolute atomic E-state index is 0.283. The zero-order valence-electron chi connectivity index (χ0n) is 9.93. The van der Waals surface area contributed by atoms with Gasteiger partial charge in [-0.1, -0.05) is 5.16 Å². The lowest BCUT2D eigenvalue weighted by atomic mass is 10.3. The van der Waals surface area contributed by atoms with Gasteiger partial charge in [-0.15, -0.1) is 0 Å². The van der Waals surface area contributed by atoms with Gasteiger partial charge in [0.05, 0.1) is 6.04 Å². The second kappa shape index (κ2) is 5.05. The maximum atomic E-state index is 5.17. The van der Waals surface area contributed by atoms with E-state index in [2.05, 4.69) is 27.4 Å². The third-order valence-corrected chi connectivity index (χ3v) is 3.57. The number of aromatic nitrogens is 2. The third kappa shape index (κ3) is 2.68. The molecule has 1 aromatic rings. The van der Waals surface area contributed by atoms with E-state index in [0.717, 1.165) is 18.1 Å².